The van der Waals surface area contributed by atoms with Crippen LogP contribution in [0.3, 0.4) is 0 Å². The number of ether oxygens (including phenoxy) is 3. The van der Waals surface area contributed by atoms with Crippen LogP contribution in [0.2, 0.25) is 0 Å². The number of aliphatic hydroxyl groups is 2. The molecule has 0 amide bonds. The van der Waals surface area contributed by atoms with Crippen LogP contribution < -0.4 is 0 Å². The first-order chi connectivity index (χ1) is 51.2. The van der Waals surface area contributed by atoms with E-state index in [0.717, 1.165) is 135 Å². The monoisotopic (exact) mass is 1510 g/mol. The number of aliphatic hydroxyl groups excluding tert-OH is 2. The predicted octanol–water partition coefficient (Wildman–Crippen LogP) is 24.2. The first kappa shape index (κ1) is 100. The molecule has 0 saturated carbocycles. The highest BCUT2D eigenvalue weighted by atomic mass is 31.2. The first-order valence-electron chi connectivity index (χ1n) is 40.8. The number of unbranched alkanes of at least 4 members (excludes halogenated alkanes) is 27. The maximum Gasteiger partial charge on any atom is 0.472 e. The van der Waals surface area contributed by atoms with Crippen LogP contribution in [-0.4, -0.2) is 95.9 Å². The number of hydrogen-bond donors (Lipinski definition) is 4. The number of rotatable bonds is 76. The molecular weight excluding hydrogens is 1360 g/mol. The van der Waals surface area contributed by atoms with Crippen molar-refractivity contribution in [3.05, 3.63) is 158 Å². The maximum absolute atomic E-state index is 12.9. The van der Waals surface area contributed by atoms with E-state index in [9.17, 15) is 43.5 Å². The summed E-state index contributed by atoms with van der Waals surface area (Å²) in [5.41, 5.74) is 0. The van der Waals surface area contributed by atoms with Gasteiger partial charge in [-0.1, -0.05) is 314 Å². The number of carbonyl (C=O) groups is 3. The van der Waals surface area contributed by atoms with Crippen LogP contribution in [-0.2, 0) is 55.8 Å². The van der Waals surface area contributed by atoms with Crippen molar-refractivity contribution in [3.8, 4) is 0 Å². The molecular formula is C87H146O16P2. The molecule has 0 spiro atoms. The molecule has 0 aliphatic carbocycles. The highest BCUT2D eigenvalue weighted by molar-refractivity contribution is 7.47. The average molecular weight is 1510 g/mol. The Morgan fingerprint density at radius 2 is 0.514 bits per heavy atom. The molecule has 0 saturated heterocycles. The van der Waals surface area contributed by atoms with Crippen LogP contribution in [0, 0.1) is 0 Å². The number of phosphoric ester groups is 2. The van der Waals surface area contributed by atoms with Crippen molar-refractivity contribution in [2.45, 2.75) is 334 Å². The number of carbonyl (C=O) groups excluding carboxylic acids is 3. The van der Waals surface area contributed by atoms with Gasteiger partial charge in [-0.15, -0.1) is 0 Å². The number of allylic oxidation sites excluding steroid dienone is 26. The fourth-order valence-corrected chi connectivity index (χ4v) is 12.2. The van der Waals surface area contributed by atoms with Crippen LogP contribution in [0.5, 0.6) is 0 Å². The molecule has 5 unspecified atom stereocenters. The van der Waals surface area contributed by atoms with Gasteiger partial charge in [0.2, 0.25) is 0 Å². The summed E-state index contributed by atoms with van der Waals surface area (Å²) in [7, 11) is -9.82. The summed E-state index contributed by atoms with van der Waals surface area (Å²) in [4.78, 5) is 58.6. The summed E-state index contributed by atoms with van der Waals surface area (Å²) in [5, 5.41) is 20.7. The molecule has 0 fully saturated rings. The third-order valence-electron chi connectivity index (χ3n) is 16.7. The van der Waals surface area contributed by atoms with Crippen molar-refractivity contribution in [1.29, 1.82) is 0 Å². The van der Waals surface area contributed by atoms with Gasteiger partial charge in [0.1, 0.15) is 25.4 Å². The molecule has 105 heavy (non-hydrogen) atoms. The van der Waals surface area contributed by atoms with Gasteiger partial charge >= 0.3 is 33.6 Å². The van der Waals surface area contributed by atoms with Gasteiger partial charge in [0.05, 0.1) is 26.4 Å². The Kier molecular flexibility index (Phi) is 75.1. The van der Waals surface area contributed by atoms with Gasteiger partial charge in [0.15, 0.2) is 6.10 Å². The predicted molar refractivity (Wildman–Crippen MR) is 435 cm³/mol. The second-order valence-electron chi connectivity index (χ2n) is 26.8. The maximum atomic E-state index is 12.9. The zero-order chi connectivity index (χ0) is 76.6. The van der Waals surface area contributed by atoms with Gasteiger partial charge in [-0.05, 0) is 141 Å². The second-order valence-corrected chi connectivity index (χ2v) is 29.7. The van der Waals surface area contributed by atoms with Gasteiger partial charge in [-0.2, -0.15) is 0 Å². The van der Waals surface area contributed by atoms with E-state index in [1.54, 1.807) is 0 Å². The molecule has 0 aliphatic rings. The highest BCUT2D eigenvalue weighted by Gasteiger charge is 2.29. The van der Waals surface area contributed by atoms with E-state index in [1.165, 1.54) is 116 Å². The van der Waals surface area contributed by atoms with Gasteiger partial charge in [0.25, 0.3) is 0 Å². The highest BCUT2D eigenvalue weighted by Crippen LogP contribution is 2.45. The molecule has 5 atom stereocenters. The van der Waals surface area contributed by atoms with Crippen molar-refractivity contribution < 1.29 is 75.8 Å². The minimum absolute atomic E-state index is 0.0181. The minimum Gasteiger partial charge on any atom is -0.463 e. The Hall–Kier alpha value is -4.83. The quantitative estimate of drug-likeness (QED) is 0.0146. The molecule has 600 valence electrons. The lowest BCUT2D eigenvalue weighted by Crippen LogP contribution is -2.30. The lowest BCUT2D eigenvalue weighted by Gasteiger charge is -2.21. The lowest BCUT2D eigenvalue weighted by molar-refractivity contribution is -0.161. The van der Waals surface area contributed by atoms with E-state index in [1.807, 2.05) is 12.2 Å². The van der Waals surface area contributed by atoms with Crippen LogP contribution in [0.15, 0.2) is 158 Å². The zero-order valence-electron chi connectivity index (χ0n) is 65.6. The van der Waals surface area contributed by atoms with Crippen molar-refractivity contribution in [2.75, 3.05) is 39.6 Å². The fourth-order valence-electron chi connectivity index (χ4n) is 10.6. The van der Waals surface area contributed by atoms with Gasteiger partial charge in [-0.3, -0.25) is 32.5 Å². The third-order valence-corrected chi connectivity index (χ3v) is 18.6. The summed E-state index contributed by atoms with van der Waals surface area (Å²) in [6.45, 7) is 2.34. The lowest BCUT2D eigenvalue weighted by atomic mass is 10.0. The van der Waals surface area contributed by atoms with E-state index in [4.69, 9.17) is 32.3 Å². The molecule has 0 heterocycles. The summed E-state index contributed by atoms with van der Waals surface area (Å²) in [6.07, 6.45) is 98.9. The molecule has 18 heteroatoms. The van der Waals surface area contributed by atoms with E-state index < -0.39 is 91.5 Å². The Labute approximate surface area is 638 Å². The summed E-state index contributed by atoms with van der Waals surface area (Å²) in [5.74, 6) is -1.66. The van der Waals surface area contributed by atoms with Crippen molar-refractivity contribution in [1.82, 2.24) is 0 Å². The molecule has 0 aromatic heterocycles. The normalized spacial score (nSPS) is 14.8. The first-order valence-corrected chi connectivity index (χ1v) is 43.8. The Bertz CT molecular complexity index is 2540. The molecule has 4 N–H and O–H groups in total. The summed E-state index contributed by atoms with van der Waals surface area (Å²) < 4.78 is 61.1. The summed E-state index contributed by atoms with van der Waals surface area (Å²) in [6, 6.07) is 0. The number of phosphoric acid groups is 2. The standard InChI is InChI=1S/C87H146O16P2/c1-4-7-10-13-16-19-22-25-28-31-33-34-35-36-37-38-39-40-41-42-43-44-45-46-48-51-52-55-58-61-64-67-70-73-85(90)97-76-82(88)77-99-104(93,94)100-78-83(89)79-101-105(95,96)102-81-84(103-87(92)75-72-69-66-63-60-57-54-49-30-27-24-21-18-15-12-9-6-3)80-98-86(91)74-71-68-65-62-59-56-53-50-47-32-29-26-23-20-17-14-11-8-5-2/h8-9,11-12,16-21,25-30,33-34,36-37,47,50,54,57,63,66,82-84,88-89H,4-7,10,13-15,22-24,31-32,35,38-46,48-49,51-53,55-56,58-62,64-65,67-81H2,1-3H3,(H,93,94)(H,95,96)/b11-8-,12-9-,19-16-,20-17-,21-18-,28-25-,29-26-,30-27-,34-33-,37-36-,50-47-,57-54-,66-63-. The third kappa shape index (κ3) is 80.0. The van der Waals surface area contributed by atoms with Gasteiger partial charge in [0, 0.05) is 19.3 Å². The number of hydrogen-bond acceptors (Lipinski definition) is 14. The van der Waals surface area contributed by atoms with E-state index in [-0.39, 0.29) is 19.3 Å². The fraction of sp³-hybridized carbons (Fsp3) is 0.667. The zero-order valence-corrected chi connectivity index (χ0v) is 67.4. The van der Waals surface area contributed by atoms with Crippen LogP contribution >= 0.6 is 15.6 Å². The van der Waals surface area contributed by atoms with Crippen molar-refractivity contribution in [2.24, 2.45) is 0 Å². The largest absolute Gasteiger partial charge is 0.472 e. The van der Waals surface area contributed by atoms with Crippen LogP contribution in [0.25, 0.3) is 0 Å². The Morgan fingerprint density at radius 3 is 0.829 bits per heavy atom. The Morgan fingerprint density at radius 1 is 0.276 bits per heavy atom. The molecule has 0 radical (unpaired) electrons. The van der Waals surface area contributed by atoms with Gasteiger partial charge in [-0.25, -0.2) is 9.13 Å². The van der Waals surface area contributed by atoms with Crippen molar-refractivity contribution in [3.63, 3.8) is 0 Å². The average Bonchev–Trinajstić information content (AvgIpc) is 0.916. The molecule has 0 rings (SSSR count). The topological polar surface area (TPSA) is 231 Å². The number of esters is 3. The minimum atomic E-state index is -4.95. The smallest absolute Gasteiger partial charge is 0.463 e. The van der Waals surface area contributed by atoms with Crippen LogP contribution in [0.4, 0.5) is 0 Å². The summed E-state index contributed by atoms with van der Waals surface area (Å²) >= 11 is 0. The Balaban J connectivity index is 4.51. The molecule has 0 aromatic rings. The molecule has 0 aromatic carbocycles. The SMILES string of the molecule is CC/C=C\C/C=C\C/C=C\C/C=C\C/C=C\CCCC(=O)OC(COC(=O)CCCCCCCC/C=C\C/C=C\C/C=C\C/C=C\CC)COP(=O)(O)OCC(O)COP(=O)(O)OCC(O)COC(=O)CCCCCCCCCCCCCCCCCCC/C=C\C/C=C\C/C=C\C/C=C\CCCCC. The van der Waals surface area contributed by atoms with Crippen molar-refractivity contribution >= 4 is 33.6 Å². The molecule has 0 aliphatic heterocycles. The van der Waals surface area contributed by atoms with Gasteiger partial charge < -0.3 is 34.2 Å². The molecule has 16 nitrogen and oxygen atoms in total. The molecule has 0 bridgehead atoms. The van der Waals surface area contributed by atoms with Crippen LogP contribution in [0.1, 0.15) is 316 Å². The van der Waals surface area contributed by atoms with E-state index in [0.29, 0.717) is 25.7 Å². The van der Waals surface area contributed by atoms with E-state index in [2.05, 4.69) is 167 Å². The van der Waals surface area contributed by atoms with E-state index >= 15 is 0 Å². The second kappa shape index (κ2) is 78.7.